The molecule has 7 aliphatic rings. The summed E-state index contributed by atoms with van der Waals surface area (Å²) in [6.45, 7) is 3.32. The molecule has 0 unspecified atom stereocenters. The van der Waals surface area contributed by atoms with Crippen molar-refractivity contribution in [3.63, 3.8) is 0 Å². The first-order valence-corrected chi connectivity index (χ1v) is 18.0. The van der Waals surface area contributed by atoms with Crippen LogP contribution in [0, 0.1) is 34.5 Å². The molecule has 7 rings (SSSR count). The second kappa shape index (κ2) is 13.1. The van der Waals surface area contributed by atoms with Crippen molar-refractivity contribution < 1.29 is 69.0 Å². The fourth-order valence-electron chi connectivity index (χ4n) is 11.3. The van der Waals surface area contributed by atoms with Crippen LogP contribution >= 0.6 is 0 Å². The van der Waals surface area contributed by atoms with E-state index in [0.717, 1.165) is 19.1 Å². The first-order valence-electron chi connectivity index (χ1n) is 18.0. The molecule has 0 aromatic carbocycles. The van der Waals surface area contributed by atoms with Crippen LogP contribution in [0.5, 0.6) is 0 Å². The van der Waals surface area contributed by atoms with E-state index in [2.05, 4.69) is 6.92 Å². The topological polar surface area (TPSA) is 222 Å². The average molecular weight is 697 g/mol. The molecule has 3 aliphatic heterocycles. The number of fused-ring (bicyclic) bond motifs is 5. The minimum absolute atomic E-state index is 0.0132. The van der Waals surface area contributed by atoms with Gasteiger partial charge in [-0.1, -0.05) is 6.92 Å². The molecule has 49 heavy (non-hydrogen) atoms. The Hall–Kier alpha value is -1.56. The van der Waals surface area contributed by atoms with Crippen LogP contribution in [0.4, 0.5) is 0 Å². The molecule has 7 N–H and O–H groups in total. The molecule has 4 saturated carbocycles. The van der Waals surface area contributed by atoms with Crippen molar-refractivity contribution in [1.29, 1.82) is 0 Å². The highest BCUT2D eigenvalue weighted by Gasteiger charge is 2.69. The van der Waals surface area contributed by atoms with Gasteiger partial charge in [0.15, 0.2) is 12.6 Å². The second-order valence-electron chi connectivity index (χ2n) is 16.0. The fraction of sp³-hybridized carbons (Fsp3) is 0.886. The lowest BCUT2D eigenvalue weighted by molar-refractivity contribution is -0.356. The summed E-state index contributed by atoms with van der Waals surface area (Å²) in [4.78, 5) is 25.7. The molecule has 0 spiro atoms. The number of aldehydes is 1. The normalized spacial score (nSPS) is 54.3. The minimum atomic E-state index is -1.66. The van der Waals surface area contributed by atoms with Gasteiger partial charge in [-0.25, -0.2) is 4.79 Å². The van der Waals surface area contributed by atoms with Crippen LogP contribution in [0.3, 0.4) is 0 Å². The highest BCUT2D eigenvalue weighted by molar-refractivity contribution is 5.91. The van der Waals surface area contributed by atoms with E-state index in [0.29, 0.717) is 50.5 Å². The number of carbonyl (C=O) groups is 2. The lowest BCUT2D eigenvalue weighted by atomic mass is 9.43. The van der Waals surface area contributed by atoms with Gasteiger partial charge < -0.3 is 64.2 Å². The van der Waals surface area contributed by atoms with Crippen LogP contribution in [0.2, 0.25) is 0 Å². The van der Waals surface area contributed by atoms with Crippen LogP contribution in [0.1, 0.15) is 71.6 Å². The lowest BCUT2D eigenvalue weighted by Crippen LogP contribution is -2.65. The maximum atomic E-state index is 13.1. The summed E-state index contributed by atoms with van der Waals surface area (Å²) < 4.78 is 28.4. The van der Waals surface area contributed by atoms with E-state index >= 15 is 0 Å². The molecule has 2 saturated heterocycles. The van der Waals surface area contributed by atoms with Crippen LogP contribution < -0.4 is 0 Å². The number of esters is 1. The monoisotopic (exact) mass is 696 g/mol. The van der Waals surface area contributed by atoms with Crippen molar-refractivity contribution in [3.05, 3.63) is 11.6 Å². The van der Waals surface area contributed by atoms with Gasteiger partial charge in [0.05, 0.1) is 24.4 Å². The molecule has 3 heterocycles. The number of cyclic esters (lactones) is 1. The lowest BCUT2D eigenvalue weighted by Gasteiger charge is -2.63. The van der Waals surface area contributed by atoms with Gasteiger partial charge in [0.25, 0.3) is 0 Å². The zero-order chi connectivity index (χ0) is 35.0. The molecule has 0 radical (unpaired) electrons. The van der Waals surface area contributed by atoms with Crippen molar-refractivity contribution in [3.8, 4) is 0 Å². The first kappa shape index (κ1) is 35.8. The average Bonchev–Trinajstić information content (AvgIpc) is 3.63. The summed E-state index contributed by atoms with van der Waals surface area (Å²) >= 11 is 0. The summed E-state index contributed by atoms with van der Waals surface area (Å²) in [7, 11) is 0. The second-order valence-corrected chi connectivity index (χ2v) is 16.0. The minimum Gasteiger partial charge on any atom is -0.458 e. The Labute approximate surface area is 285 Å². The van der Waals surface area contributed by atoms with E-state index in [9.17, 15) is 45.3 Å². The molecule has 0 amide bonds. The number of carbonyl (C=O) groups excluding carboxylic acids is 2. The SMILES string of the molecule is C[C@H]1O[C@H](O)[C@@H](O)[C@@H](O)[C@H]1O[C@H]1O[C@H](CO)[C@@H](O[C@H]2CC[C@@]3(C=O)[C@@H](CC[C@H]4[C@@H]3CC[C@]3(C)[C@@H](C5=CCOC5=O)CC[C@]43O)C2)[C@H](O)[C@H]1O. The van der Waals surface area contributed by atoms with Crippen molar-refractivity contribution in [1.82, 2.24) is 0 Å². The molecule has 18 atom stereocenters. The Balaban J connectivity index is 1.02. The Morgan fingerprint density at radius 1 is 0.898 bits per heavy atom. The van der Waals surface area contributed by atoms with Gasteiger partial charge in [0.1, 0.15) is 55.6 Å². The Morgan fingerprint density at radius 3 is 2.35 bits per heavy atom. The Kier molecular flexibility index (Phi) is 9.60. The third-order valence-electron chi connectivity index (χ3n) is 14.0. The third-order valence-corrected chi connectivity index (χ3v) is 14.0. The van der Waals surface area contributed by atoms with E-state index in [-0.39, 0.29) is 36.2 Å². The van der Waals surface area contributed by atoms with Crippen LogP contribution in [0.25, 0.3) is 0 Å². The van der Waals surface area contributed by atoms with Gasteiger partial charge in [-0.3, -0.25) is 0 Å². The largest absolute Gasteiger partial charge is 0.458 e. The predicted octanol–water partition coefficient (Wildman–Crippen LogP) is -0.541. The van der Waals surface area contributed by atoms with Gasteiger partial charge in [0, 0.05) is 16.4 Å². The van der Waals surface area contributed by atoms with E-state index in [1.807, 2.05) is 6.08 Å². The molecule has 0 bridgehead atoms. The smallest absolute Gasteiger partial charge is 0.334 e. The van der Waals surface area contributed by atoms with Crippen molar-refractivity contribution in [2.24, 2.45) is 34.5 Å². The standard InChI is InChI=1S/C35H52O14/c1-16-28(24(38)26(40)31(43)46-16)49-32-27(41)25(39)29(23(14-36)48-32)47-18-5-10-34(15-37)17(13-18)3-4-22-21(34)6-9-33(2)20(7-11-35(22,33)44)19-8-12-45-30(19)42/h8,15-18,20-29,31-32,36,38-41,43-44H,3-7,9-14H2,1-2H3/t16-,17+,18+,20-,21+,22+,23-,24-,25-,26+,27-,28+,29-,31+,32-,33-,34-,35+/m1/s1. The van der Waals surface area contributed by atoms with Crippen LogP contribution in [-0.4, -0.2) is 134 Å². The number of rotatable bonds is 7. The van der Waals surface area contributed by atoms with Crippen LogP contribution in [-0.2, 0) is 33.3 Å². The third kappa shape index (κ3) is 5.47. The number of ether oxygens (including phenoxy) is 5. The molecule has 276 valence electrons. The summed E-state index contributed by atoms with van der Waals surface area (Å²) in [5.41, 5.74) is -1.45. The highest BCUT2D eigenvalue weighted by Crippen LogP contribution is 2.69. The quantitative estimate of drug-likeness (QED) is 0.131. The van der Waals surface area contributed by atoms with E-state index in [1.54, 1.807) is 0 Å². The van der Waals surface area contributed by atoms with Gasteiger partial charge in [-0.2, -0.15) is 0 Å². The summed E-state index contributed by atoms with van der Waals surface area (Å²) in [6.07, 6.45) is -5.51. The molecule has 14 nitrogen and oxygen atoms in total. The summed E-state index contributed by atoms with van der Waals surface area (Å²) in [5.74, 6) is -0.470. The number of hydrogen-bond acceptors (Lipinski definition) is 14. The molecule has 4 aliphatic carbocycles. The Morgan fingerprint density at radius 2 is 1.65 bits per heavy atom. The molecule has 14 heteroatoms. The van der Waals surface area contributed by atoms with E-state index < -0.39 is 90.6 Å². The molecule has 0 aromatic heterocycles. The number of hydrogen-bond donors (Lipinski definition) is 7. The zero-order valence-corrected chi connectivity index (χ0v) is 28.1. The zero-order valence-electron chi connectivity index (χ0n) is 28.1. The highest BCUT2D eigenvalue weighted by atomic mass is 16.7. The van der Waals surface area contributed by atoms with Gasteiger partial charge in [0.2, 0.25) is 0 Å². The van der Waals surface area contributed by atoms with Gasteiger partial charge in [-0.05, 0) is 94.5 Å². The van der Waals surface area contributed by atoms with Gasteiger partial charge in [-0.15, -0.1) is 0 Å². The van der Waals surface area contributed by atoms with Crippen molar-refractivity contribution in [2.75, 3.05) is 13.2 Å². The van der Waals surface area contributed by atoms with Gasteiger partial charge >= 0.3 is 5.97 Å². The summed E-state index contributed by atoms with van der Waals surface area (Å²) in [6, 6.07) is 0. The predicted molar refractivity (Wildman–Crippen MR) is 166 cm³/mol. The maximum absolute atomic E-state index is 13.1. The van der Waals surface area contributed by atoms with Crippen molar-refractivity contribution in [2.45, 2.75) is 145 Å². The summed E-state index contributed by atoms with van der Waals surface area (Å²) in [5, 5.41) is 75.1. The van der Waals surface area contributed by atoms with E-state index in [1.165, 1.54) is 6.92 Å². The van der Waals surface area contributed by atoms with Crippen LogP contribution in [0.15, 0.2) is 11.6 Å². The first-order chi connectivity index (χ1) is 23.3. The Bertz CT molecular complexity index is 1290. The molecule has 0 aromatic rings. The van der Waals surface area contributed by atoms with E-state index in [4.69, 9.17) is 23.7 Å². The molecular weight excluding hydrogens is 644 g/mol. The number of aliphatic hydroxyl groups excluding tert-OH is 6. The molecular formula is C35H52O14. The number of aliphatic hydroxyl groups is 7. The fourth-order valence-corrected chi connectivity index (χ4v) is 11.3. The maximum Gasteiger partial charge on any atom is 0.334 e. The van der Waals surface area contributed by atoms with Crippen molar-refractivity contribution >= 4 is 12.3 Å². The molecule has 6 fully saturated rings.